The number of hydrogen-bond acceptors (Lipinski definition) is 6. The average molecular weight is 671 g/mol. The number of benzene rings is 3. The molecular weight excluding hydrogens is 620 g/mol. The number of primary amides is 1. The lowest BCUT2D eigenvalue weighted by molar-refractivity contribution is -0.134. The van der Waals surface area contributed by atoms with Crippen LogP contribution in [0.1, 0.15) is 64.2 Å². The fourth-order valence-electron chi connectivity index (χ4n) is 5.42. The van der Waals surface area contributed by atoms with Crippen molar-refractivity contribution in [1.82, 2.24) is 16.0 Å². The van der Waals surface area contributed by atoms with Crippen molar-refractivity contribution in [2.75, 3.05) is 0 Å². The Hall–Kier alpha value is -4.99. The Labute approximate surface area is 289 Å². The maximum Gasteiger partial charge on any atom is 0.408 e. The first-order valence-corrected chi connectivity index (χ1v) is 16.7. The van der Waals surface area contributed by atoms with Crippen LogP contribution in [0.5, 0.6) is 0 Å². The van der Waals surface area contributed by atoms with Crippen molar-refractivity contribution >= 4 is 29.6 Å². The van der Waals surface area contributed by atoms with Crippen molar-refractivity contribution in [1.29, 1.82) is 0 Å². The first-order valence-electron chi connectivity index (χ1n) is 16.7. The molecule has 262 valence electrons. The second-order valence-corrected chi connectivity index (χ2v) is 13.8. The number of hydrogen-bond donors (Lipinski definition) is 4. The van der Waals surface area contributed by atoms with Crippen molar-refractivity contribution in [2.45, 2.75) is 90.4 Å². The normalized spacial score (nSPS) is 13.8. The number of rotatable bonds is 17. The molecule has 10 nitrogen and oxygen atoms in total. The van der Waals surface area contributed by atoms with Crippen LogP contribution in [0.2, 0.25) is 0 Å². The lowest BCUT2D eigenvalue weighted by Crippen LogP contribution is -2.55. The third-order valence-electron chi connectivity index (χ3n) is 7.79. The second kappa shape index (κ2) is 18.5. The van der Waals surface area contributed by atoms with Gasteiger partial charge in [-0.25, -0.2) is 4.79 Å². The van der Waals surface area contributed by atoms with Gasteiger partial charge in [-0.05, 0) is 62.6 Å². The van der Waals surface area contributed by atoms with Crippen molar-refractivity contribution in [3.63, 3.8) is 0 Å². The van der Waals surface area contributed by atoms with E-state index in [1.807, 2.05) is 105 Å². The third-order valence-corrected chi connectivity index (χ3v) is 7.79. The Morgan fingerprint density at radius 2 is 1.08 bits per heavy atom. The highest BCUT2D eigenvalue weighted by Crippen LogP contribution is 2.18. The number of ether oxygens (including phenoxy) is 1. The van der Waals surface area contributed by atoms with E-state index in [2.05, 4.69) is 16.0 Å². The minimum atomic E-state index is -0.987. The van der Waals surface area contributed by atoms with E-state index in [9.17, 15) is 24.0 Å². The highest BCUT2D eigenvalue weighted by molar-refractivity contribution is 5.95. The summed E-state index contributed by atoms with van der Waals surface area (Å²) in [5.41, 5.74) is 7.36. The molecule has 3 aromatic rings. The van der Waals surface area contributed by atoms with Crippen LogP contribution in [0.15, 0.2) is 91.0 Å². The van der Waals surface area contributed by atoms with Gasteiger partial charge in [0, 0.05) is 18.8 Å². The summed E-state index contributed by atoms with van der Waals surface area (Å²) in [6.07, 6.45) is -0.0369. The van der Waals surface area contributed by atoms with Crippen LogP contribution in [-0.2, 0) is 43.2 Å². The highest BCUT2D eigenvalue weighted by Gasteiger charge is 2.33. The second-order valence-electron chi connectivity index (χ2n) is 13.8. The van der Waals surface area contributed by atoms with E-state index in [0.717, 1.165) is 16.7 Å². The Bertz CT molecular complexity index is 1520. The van der Waals surface area contributed by atoms with Crippen LogP contribution < -0.4 is 21.7 Å². The van der Waals surface area contributed by atoms with Gasteiger partial charge in [-0.1, -0.05) is 105 Å². The smallest absolute Gasteiger partial charge is 0.408 e. The molecule has 0 spiro atoms. The van der Waals surface area contributed by atoms with E-state index in [1.54, 1.807) is 20.8 Å². The lowest BCUT2D eigenvalue weighted by Gasteiger charge is -2.27. The molecule has 0 bridgehead atoms. The SMILES string of the molecule is CC(C)CC(NC(=O)C(CC(=O)C(Cc1ccccc1)NC(=O)OC(C)(C)C)Cc1ccccc1)C(=O)NC(Cc1ccccc1)C(N)=O. The molecule has 49 heavy (non-hydrogen) atoms. The van der Waals surface area contributed by atoms with Gasteiger partial charge in [0.1, 0.15) is 17.7 Å². The summed E-state index contributed by atoms with van der Waals surface area (Å²) in [6.45, 7) is 9.04. The van der Waals surface area contributed by atoms with Gasteiger partial charge in [-0.15, -0.1) is 0 Å². The van der Waals surface area contributed by atoms with Gasteiger partial charge in [0.15, 0.2) is 5.78 Å². The number of alkyl carbamates (subject to hydrolysis) is 1. The highest BCUT2D eigenvalue weighted by atomic mass is 16.6. The van der Waals surface area contributed by atoms with Crippen molar-refractivity contribution < 1.29 is 28.7 Å². The number of nitrogens with one attached hydrogen (secondary N) is 3. The largest absolute Gasteiger partial charge is 0.444 e. The summed E-state index contributed by atoms with van der Waals surface area (Å²) in [4.78, 5) is 66.7. The number of amides is 4. The summed E-state index contributed by atoms with van der Waals surface area (Å²) in [7, 11) is 0. The topological polar surface area (TPSA) is 157 Å². The molecule has 0 radical (unpaired) electrons. The fraction of sp³-hybridized carbons (Fsp3) is 0.410. The Morgan fingerprint density at radius 3 is 1.53 bits per heavy atom. The van der Waals surface area contributed by atoms with E-state index < -0.39 is 53.5 Å². The van der Waals surface area contributed by atoms with Gasteiger partial charge in [-0.2, -0.15) is 0 Å². The lowest BCUT2D eigenvalue weighted by atomic mass is 9.89. The van der Waals surface area contributed by atoms with Gasteiger partial charge in [0.25, 0.3) is 0 Å². The van der Waals surface area contributed by atoms with Crippen molar-refractivity contribution in [2.24, 2.45) is 17.6 Å². The average Bonchev–Trinajstić information content (AvgIpc) is 3.03. The van der Waals surface area contributed by atoms with E-state index in [0.29, 0.717) is 0 Å². The minimum Gasteiger partial charge on any atom is -0.444 e. The quantitative estimate of drug-likeness (QED) is 0.163. The van der Waals surface area contributed by atoms with Crippen LogP contribution in [0, 0.1) is 11.8 Å². The summed E-state index contributed by atoms with van der Waals surface area (Å²) >= 11 is 0. The van der Waals surface area contributed by atoms with E-state index in [4.69, 9.17) is 10.5 Å². The number of Topliss-reactive ketones (excluding diaryl/α,β-unsaturated/α-hetero) is 1. The van der Waals surface area contributed by atoms with Crippen LogP contribution in [0.3, 0.4) is 0 Å². The van der Waals surface area contributed by atoms with E-state index in [-0.39, 0.29) is 43.8 Å². The zero-order valence-corrected chi connectivity index (χ0v) is 29.1. The minimum absolute atomic E-state index is 0.0136. The number of carbonyl (C=O) groups is 5. The molecule has 4 unspecified atom stereocenters. The molecule has 0 heterocycles. The fourth-order valence-corrected chi connectivity index (χ4v) is 5.42. The molecule has 0 aliphatic rings. The molecule has 5 N–H and O–H groups in total. The maximum atomic E-state index is 14.0. The van der Waals surface area contributed by atoms with Crippen LogP contribution in [0.25, 0.3) is 0 Å². The molecule has 4 atom stereocenters. The van der Waals surface area contributed by atoms with Gasteiger partial charge < -0.3 is 26.4 Å². The maximum absolute atomic E-state index is 14.0. The molecule has 0 fully saturated rings. The van der Waals surface area contributed by atoms with Crippen LogP contribution in [-0.4, -0.2) is 53.3 Å². The van der Waals surface area contributed by atoms with Gasteiger partial charge in [0.05, 0.1) is 6.04 Å². The van der Waals surface area contributed by atoms with Crippen molar-refractivity contribution in [3.05, 3.63) is 108 Å². The third kappa shape index (κ3) is 13.9. The molecule has 3 rings (SSSR count). The van der Waals surface area contributed by atoms with Gasteiger partial charge in [0.2, 0.25) is 17.7 Å². The molecule has 4 amide bonds. The monoisotopic (exact) mass is 670 g/mol. The molecular formula is C39H50N4O6. The molecule has 0 aliphatic carbocycles. The molecule has 0 saturated carbocycles. The van der Waals surface area contributed by atoms with Gasteiger partial charge in [-0.3, -0.25) is 19.2 Å². The zero-order valence-electron chi connectivity index (χ0n) is 29.1. The standard InChI is InChI=1S/C39H50N4O6/c1-26(2)21-33(37(47)41-32(35(40)45)24-29-19-13-8-14-20-29)42-36(46)30(22-27-15-9-6-10-16-27)25-34(44)31(23-28-17-11-7-12-18-28)43-38(48)49-39(3,4)5/h6-20,26,30-33H,21-25H2,1-5H3,(H2,40,45)(H,41,47)(H,42,46)(H,43,48). The summed E-state index contributed by atoms with van der Waals surface area (Å²) in [5, 5.41) is 8.33. The number of nitrogens with two attached hydrogens (primary N) is 1. The van der Waals surface area contributed by atoms with E-state index >= 15 is 0 Å². The molecule has 3 aromatic carbocycles. The Morgan fingerprint density at radius 1 is 0.633 bits per heavy atom. The predicted octanol–water partition coefficient (Wildman–Crippen LogP) is 4.68. The number of carbonyl (C=O) groups excluding carboxylic acids is 5. The first kappa shape index (κ1) is 38.5. The number of ketones is 1. The van der Waals surface area contributed by atoms with Crippen LogP contribution >= 0.6 is 0 Å². The zero-order chi connectivity index (χ0) is 36.0. The van der Waals surface area contributed by atoms with Gasteiger partial charge >= 0.3 is 6.09 Å². The Balaban J connectivity index is 1.85. The molecule has 0 aromatic heterocycles. The molecule has 0 saturated heterocycles. The summed E-state index contributed by atoms with van der Waals surface area (Å²) < 4.78 is 5.45. The molecule has 10 heteroatoms. The van der Waals surface area contributed by atoms with Crippen LogP contribution in [0.4, 0.5) is 4.79 Å². The van der Waals surface area contributed by atoms with Crippen molar-refractivity contribution in [3.8, 4) is 0 Å². The summed E-state index contributed by atoms with van der Waals surface area (Å²) in [6, 6.07) is 24.8. The van der Waals surface area contributed by atoms with E-state index in [1.165, 1.54) is 0 Å². The predicted molar refractivity (Wildman–Crippen MR) is 189 cm³/mol. The Kier molecular flexibility index (Phi) is 14.5. The summed E-state index contributed by atoms with van der Waals surface area (Å²) in [5.74, 6) is -2.94. The first-order chi connectivity index (χ1) is 23.2. The molecule has 0 aliphatic heterocycles.